The summed E-state index contributed by atoms with van der Waals surface area (Å²) in [6.07, 6.45) is 2.42. The van der Waals surface area contributed by atoms with Crippen molar-refractivity contribution in [1.29, 1.82) is 0 Å². The largest absolute Gasteiger partial charge is 0.487 e. The van der Waals surface area contributed by atoms with Gasteiger partial charge in [0.15, 0.2) is 0 Å². The highest BCUT2D eigenvalue weighted by Crippen LogP contribution is 2.35. The van der Waals surface area contributed by atoms with Gasteiger partial charge in [-0.2, -0.15) is 0 Å². The van der Waals surface area contributed by atoms with Gasteiger partial charge in [-0.25, -0.2) is 0 Å². The number of aryl methyl sites for hydroxylation is 1. The van der Waals surface area contributed by atoms with E-state index in [9.17, 15) is 4.79 Å². The van der Waals surface area contributed by atoms with Gasteiger partial charge in [-0.3, -0.25) is 0 Å². The molecular weight excluding hydrogens is 200 g/mol. The van der Waals surface area contributed by atoms with Gasteiger partial charge in [0.05, 0.1) is 0 Å². The second kappa shape index (κ2) is 3.93. The van der Waals surface area contributed by atoms with E-state index in [0.717, 1.165) is 18.6 Å². The highest BCUT2D eigenvalue weighted by atomic mass is 16.5. The number of rotatable bonds is 3. The van der Waals surface area contributed by atoms with E-state index in [-0.39, 0.29) is 11.4 Å². The number of Topliss-reactive ketones (excluding diaryl/α,β-unsaturated/α-hetero) is 1. The molecule has 0 N–H and O–H groups in total. The molecule has 0 atom stereocenters. The predicted octanol–water partition coefficient (Wildman–Crippen LogP) is 2.92. The average molecular weight is 218 g/mol. The van der Waals surface area contributed by atoms with E-state index in [4.69, 9.17) is 4.74 Å². The molecule has 0 spiro atoms. The lowest BCUT2D eigenvalue weighted by Crippen LogP contribution is -2.24. The van der Waals surface area contributed by atoms with Crippen LogP contribution in [0.25, 0.3) is 0 Å². The van der Waals surface area contributed by atoms with Crippen LogP contribution in [-0.2, 0) is 17.6 Å². The Labute approximate surface area is 96.6 Å². The Bertz CT molecular complexity index is 419. The Balaban J connectivity index is 2.13. The van der Waals surface area contributed by atoms with Crippen molar-refractivity contribution in [3.63, 3.8) is 0 Å². The van der Waals surface area contributed by atoms with Gasteiger partial charge in [0.1, 0.15) is 17.1 Å². The van der Waals surface area contributed by atoms with Crippen LogP contribution in [-0.4, -0.2) is 11.4 Å². The molecule has 1 aliphatic rings. The van der Waals surface area contributed by atoms with Crippen LogP contribution in [0.15, 0.2) is 18.2 Å². The molecule has 2 nitrogen and oxygen atoms in total. The van der Waals surface area contributed by atoms with Gasteiger partial charge in [0, 0.05) is 12.8 Å². The molecule has 2 heteroatoms. The summed E-state index contributed by atoms with van der Waals surface area (Å²) in [4.78, 5) is 10.9. The van der Waals surface area contributed by atoms with Crippen molar-refractivity contribution in [2.75, 3.05) is 0 Å². The number of ether oxygens (including phenoxy) is 1. The van der Waals surface area contributed by atoms with E-state index in [1.807, 2.05) is 6.07 Å². The summed E-state index contributed by atoms with van der Waals surface area (Å²) in [6, 6.07) is 6.26. The maximum Gasteiger partial charge on any atom is 0.130 e. The Kier molecular flexibility index (Phi) is 2.75. The van der Waals surface area contributed by atoms with Crippen LogP contribution in [0.2, 0.25) is 0 Å². The van der Waals surface area contributed by atoms with Gasteiger partial charge in [0.25, 0.3) is 0 Å². The third-order valence-corrected chi connectivity index (χ3v) is 2.89. The van der Waals surface area contributed by atoms with Crippen molar-refractivity contribution in [2.24, 2.45) is 0 Å². The Morgan fingerprint density at radius 3 is 2.88 bits per heavy atom. The van der Waals surface area contributed by atoms with Gasteiger partial charge >= 0.3 is 0 Å². The molecule has 0 unspecified atom stereocenters. The number of carbonyl (C=O) groups excluding carboxylic acids is 1. The number of fused-ring (bicyclic) bond motifs is 1. The van der Waals surface area contributed by atoms with Gasteiger partial charge in [-0.1, -0.05) is 12.1 Å². The van der Waals surface area contributed by atoms with Gasteiger partial charge in [-0.15, -0.1) is 0 Å². The minimum atomic E-state index is -0.0818. The maximum atomic E-state index is 10.9. The first-order valence-corrected chi connectivity index (χ1v) is 5.76. The van der Waals surface area contributed by atoms with Gasteiger partial charge < -0.3 is 9.53 Å². The number of hydrogen-bond acceptors (Lipinski definition) is 2. The molecular formula is C14H18O2. The average Bonchev–Trinajstić information content (AvgIpc) is 2.47. The van der Waals surface area contributed by atoms with Gasteiger partial charge in [-0.05, 0) is 44.4 Å². The lowest BCUT2D eigenvalue weighted by molar-refractivity contribution is -0.116. The molecule has 1 heterocycles. The van der Waals surface area contributed by atoms with Crippen LogP contribution in [0.3, 0.4) is 0 Å². The summed E-state index contributed by atoms with van der Waals surface area (Å²) in [5.41, 5.74) is 2.42. The van der Waals surface area contributed by atoms with Crippen LogP contribution >= 0.6 is 0 Å². The van der Waals surface area contributed by atoms with E-state index in [0.29, 0.717) is 6.42 Å². The van der Waals surface area contributed by atoms with Crippen molar-refractivity contribution in [1.82, 2.24) is 0 Å². The molecule has 86 valence electrons. The van der Waals surface area contributed by atoms with Crippen LogP contribution in [0.5, 0.6) is 5.75 Å². The predicted molar refractivity (Wildman–Crippen MR) is 63.9 cm³/mol. The van der Waals surface area contributed by atoms with Crippen LogP contribution < -0.4 is 4.74 Å². The van der Waals surface area contributed by atoms with E-state index < -0.39 is 0 Å². The summed E-state index contributed by atoms with van der Waals surface area (Å²) in [5.74, 6) is 1.24. The fourth-order valence-electron chi connectivity index (χ4n) is 2.14. The minimum absolute atomic E-state index is 0.0818. The van der Waals surface area contributed by atoms with Crippen molar-refractivity contribution < 1.29 is 9.53 Å². The van der Waals surface area contributed by atoms with E-state index in [1.54, 1.807) is 6.92 Å². The molecule has 1 aromatic carbocycles. The normalized spacial score (nSPS) is 16.7. The Hall–Kier alpha value is -1.31. The lowest BCUT2D eigenvalue weighted by Gasteiger charge is -2.16. The van der Waals surface area contributed by atoms with Crippen LogP contribution in [0, 0.1) is 0 Å². The molecule has 0 saturated heterocycles. The molecule has 16 heavy (non-hydrogen) atoms. The molecule has 0 aromatic heterocycles. The van der Waals surface area contributed by atoms with Crippen LogP contribution in [0.1, 0.15) is 38.3 Å². The second-order valence-corrected chi connectivity index (χ2v) is 5.18. The lowest BCUT2D eigenvalue weighted by atomic mass is 9.98. The first kappa shape index (κ1) is 11.2. The number of carbonyl (C=O) groups is 1. The fourth-order valence-corrected chi connectivity index (χ4v) is 2.14. The molecule has 0 amide bonds. The summed E-state index contributed by atoms with van der Waals surface area (Å²) in [7, 11) is 0. The fraction of sp³-hybridized carbons (Fsp3) is 0.500. The monoisotopic (exact) mass is 218 g/mol. The van der Waals surface area contributed by atoms with Crippen molar-refractivity contribution >= 4 is 5.78 Å². The summed E-state index contributed by atoms with van der Waals surface area (Å²) < 4.78 is 5.81. The molecule has 1 aliphatic heterocycles. The molecule has 0 saturated carbocycles. The quantitative estimate of drug-likeness (QED) is 0.779. The van der Waals surface area contributed by atoms with Gasteiger partial charge in [0.2, 0.25) is 0 Å². The molecule has 2 rings (SSSR count). The maximum absolute atomic E-state index is 10.9. The highest BCUT2D eigenvalue weighted by molar-refractivity contribution is 5.75. The number of hydrogen-bond donors (Lipinski definition) is 0. The molecule has 0 bridgehead atoms. The summed E-state index contributed by atoms with van der Waals surface area (Å²) in [5, 5.41) is 0. The zero-order valence-corrected chi connectivity index (χ0v) is 10.2. The Morgan fingerprint density at radius 2 is 2.19 bits per heavy atom. The standard InChI is InChI=1S/C14H18O2/c1-10(15)4-5-11-6-7-13-12(8-11)9-14(2,3)16-13/h6-8H,4-5,9H2,1-3H3. The molecule has 0 fully saturated rings. The molecule has 1 aromatic rings. The van der Waals surface area contributed by atoms with Crippen LogP contribution in [0.4, 0.5) is 0 Å². The number of ketones is 1. The molecule has 0 radical (unpaired) electrons. The summed E-state index contributed by atoms with van der Waals surface area (Å²) in [6.45, 7) is 5.84. The van der Waals surface area contributed by atoms with E-state index in [1.165, 1.54) is 11.1 Å². The summed E-state index contributed by atoms with van der Waals surface area (Å²) >= 11 is 0. The van der Waals surface area contributed by atoms with Crippen molar-refractivity contribution in [3.8, 4) is 5.75 Å². The zero-order valence-electron chi connectivity index (χ0n) is 10.2. The third kappa shape index (κ3) is 2.43. The van der Waals surface area contributed by atoms with E-state index in [2.05, 4.69) is 26.0 Å². The first-order valence-electron chi connectivity index (χ1n) is 5.76. The molecule has 0 aliphatic carbocycles. The zero-order chi connectivity index (χ0) is 11.8. The smallest absolute Gasteiger partial charge is 0.130 e. The third-order valence-electron chi connectivity index (χ3n) is 2.89. The highest BCUT2D eigenvalue weighted by Gasteiger charge is 2.29. The van der Waals surface area contributed by atoms with Crippen molar-refractivity contribution in [2.45, 2.75) is 45.6 Å². The van der Waals surface area contributed by atoms with Crippen molar-refractivity contribution in [3.05, 3.63) is 29.3 Å². The van der Waals surface area contributed by atoms with E-state index >= 15 is 0 Å². The first-order chi connectivity index (χ1) is 7.46. The minimum Gasteiger partial charge on any atom is -0.487 e. The number of benzene rings is 1. The SMILES string of the molecule is CC(=O)CCc1ccc2c(c1)CC(C)(C)O2. The topological polar surface area (TPSA) is 26.3 Å². The Morgan fingerprint density at radius 1 is 1.44 bits per heavy atom. The second-order valence-electron chi connectivity index (χ2n) is 5.18.